The highest BCUT2D eigenvalue weighted by Crippen LogP contribution is 2.29. The fourth-order valence-electron chi connectivity index (χ4n) is 3.05. The first kappa shape index (κ1) is 14.1. The molecular formula is C17H23N3O. The maximum Gasteiger partial charge on any atom is 0.118 e. The van der Waals surface area contributed by atoms with Gasteiger partial charge < -0.3 is 10.5 Å². The second-order valence-corrected chi connectivity index (χ2v) is 5.81. The first-order valence-corrected chi connectivity index (χ1v) is 7.70. The van der Waals surface area contributed by atoms with Crippen LogP contribution in [0.25, 0.3) is 0 Å². The third kappa shape index (κ3) is 3.27. The quantitative estimate of drug-likeness (QED) is 0.917. The van der Waals surface area contributed by atoms with Crippen LogP contribution in [0.2, 0.25) is 0 Å². The lowest BCUT2D eigenvalue weighted by atomic mass is 10.0. The second kappa shape index (κ2) is 6.31. The number of hydrogen-bond acceptors (Lipinski definition) is 3. The van der Waals surface area contributed by atoms with Crippen LogP contribution in [0.1, 0.15) is 49.0 Å². The Hall–Kier alpha value is -1.81. The zero-order valence-corrected chi connectivity index (χ0v) is 12.5. The Morgan fingerprint density at radius 1 is 1.24 bits per heavy atom. The molecule has 21 heavy (non-hydrogen) atoms. The number of nitrogens with two attached hydrogens (primary N) is 1. The van der Waals surface area contributed by atoms with Gasteiger partial charge in [-0.05, 0) is 36.6 Å². The zero-order chi connectivity index (χ0) is 14.7. The summed E-state index contributed by atoms with van der Waals surface area (Å²) in [5.74, 6) is 0.858. The van der Waals surface area contributed by atoms with Gasteiger partial charge in [0.1, 0.15) is 5.75 Å². The van der Waals surface area contributed by atoms with E-state index in [4.69, 9.17) is 15.6 Å². The number of ether oxygens (including phenoxy) is 1. The number of nitrogens with zero attached hydrogens (tertiary/aromatic N) is 2. The summed E-state index contributed by atoms with van der Waals surface area (Å²) in [6, 6.07) is 10.6. The molecule has 1 aliphatic carbocycles. The molecule has 0 bridgehead atoms. The smallest absolute Gasteiger partial charge is 0.118 e. The van der Waals surface area contributed by atoms with E-state index >= 15 is 0 Å². The van der Waals surface area contributed by atoms with Crippen LogP contribution in [-0.4, -0.2) is 16.9 Å². The van der Waals surface area contributed by atoms with Gasteiger partial charge in [0.05, 0.1) is 18.8 Å². The molecule has 1 saturated carbocycles. The van der Waals surface area contributed by atoms with Crippen LogP contribution in [0.3, 0.4) is 0 Å². The molecule has 1 heterocycles. The van der Waals surface area contributed by atoms with Gasteiger partial charge in [-0.15, -0.1) is 0 Å². The van der Waals surface area contributed by atoms with E-state index in [1.165, 1.54) is 25.7 Å². The minimum atomic E-state index is -0.0252. The lowest BCUT2D eigenvalue weighted by Gasteiger charge is -2.12. The third-order valence-corrected chi connectivity index (χ3v) is 4.34. The van der Waals surface area contributed by atoms with Crippen molar-refractivity contribution in [2.45, 2.75) is 44.2 Å². The van der Waals surface area contributed by atoms with Gasteiger partial charge in [-0.2, -0.15) is 5.10 Å². The maximum atomic E-state index is 6.29. The highest BCUT2D eigenvalue weighted by molar-refractivity contribution is 5.29. The van der Waals surface area contributed by atoms with Gasteiger partial charge in [-0.3, -0.25) is 4.68 Å². The Kier molecular flexibility index (Phi) is 4.25. The zero-order valence-electron chi connectivity index (χ0n) is 12.5. The molecule has 1 aromatic carbocycles. The molecule has 4 heteroatoms. The van der Waals surface area contributed by atoms with Crippen LogP contribution >= 0.6 is 0 Å². The third-order valence-electron chi connectivity index (χ3n) is 4.34. The summed E-state index contributed by atoms with van der Waals surface area (Å²) >= 11 is 0. The average molecular weight is 285 g/mol. The fourth-order valence-corrected chi connectivity index (χ4v) is 3.05. The maximum absolute atomic E-state index is 6.29. The highest BCUT2D eigenvalue weighted by atomic mass is 16.5. The van der Waals surface area contributed by atoms with Crippen molar-refractivity contribution in [1.29, 1.82) is 0 Å². The second-order valence-electron chi connectivity index (χ2n) is 5.81. The Labute approximate surface area is 125 Å². The van der Waals surface area contributed by atoms with Gasteiger partial charge in [0, 0.05) is 18.7 Å². The van der Waals surface area contributed by atoms with E-state index in [0.29, 0.717) is 6.04 Å². The molecular weight excluding hydrogens is 262 g/mol. The van der Waals surface area contributed by atoms with E-state index < -0.39 is 0 Å². The van der Waals surface area contributed by atoms with Gasteiger partial charge in [-0.25, -0.2) is 0 Å². The van der Waals surface area contributed by atoms with Gasteiger partial charge >= 0.3 is 0 Å². The van der Waals surface area contributed by atoms with Gasteiger partial charge in [0.2, 0.25) is 0 Å². The molecule has 0 aliphatic heterocycles. The van der Waals surface area contributed by atoms with Crippen molar-refractivity contribution in [3.8, 4) is 5.75 Å². The number of rotatable bonds is 5. The average Bonchev–Trinajstić information content (AvgIpc) is 3.18. The number of hydrogen-bond donors (Lipinski definition) is 1. The number of benzene rings is 1. The molecule has 2 N–H and O–H groups in total. The van der Waals surface area contributed by atoms with Crippen molar-refractivity contribution in [1.82, 2.24) is 9.78 Å². The predicted octanol–water partition coefficient (Wildman–Crippen LogP) is 3.25. The van der Waals surface area contributed by atoms with Crippen LogP contribution < -0.4 is 10.5 Å². The Bertz CT molecular complexity index is 570. The normalized spacial score (nSPS) is 17.0. The van der Waals surface area contributed by atoms with Crippen molar-refractivity contribution in [3.05, 3.63) is 47.8 Å². The summed E-state index contributed by atoms with van der Waals surface area (Å²) < 4.78 is 7.30. The molecule has 0 amide bonds. The molecule has 0 radical (unpaired) electrons. The number of methoxy groups -OCH3 is 1. The van der Waals surface area contributed by atoms with E-state index in [1.807, 2.05) is 24.3 Å². The summed E-state index contributed by atoms with van der Waals surface area (Å²) in [7, 11) is 1.67. The fraction of sp³-hybridized carbons (Fsp3) is 0.471. The summed E-state index contributed by atoms with van der Waals surface area (Å²) in [6.45, 7) is 0. The lowest BCUT2D eigenvalue weighted by Crippen LogP contribution is -2.14. The van der Waals surface area contributed by atoms with E-state index in [0.717, 1.165) is 23.4 Å². The minimum absolute atomic E-state index is 0.0252. The Balaban J connectivity index is 1.64. The Morgan fingerprint density at radius 2 is 1.95 bits per heavy atom. The first-order valence-electron chi connectivity index (χ1n) is 7.70. The van der Waals surface area contributed by atoms with Gasteiger partial charge in [0.15, 0.2) is 0 Å². The van der Waals surface area contributed by atoms with E-state index in [1.54, 1.807) is 7.11 Å². The van der Waals surface area contributed by atoms with Crippen LogP contribution in [0.15, 0.2) is 36.5 Å². The Morgan fingerprint density at radius 3 is 2.62 bits per heavy atom. The largest absolute Gasteiger partial charge is 0.497 e. The summed E-state index contributed by atoms with van der Waals surface area (Å²) in [5, 5.41) is 4.70. The standard InChI is InChI=1S/C17H23N3O/c1-21-16-8-6-13(7-9-16)17(18)12-14-10-11-20(19-14)15-4-2-3-5-15/h6-11,15,17H,2-5,12,18H2,1H3. The molecule has 2 aromatic rings. The molecule has 1 fully saturated rings. The topological polar surface area (TPSA) is 53.1 Å². The lowest BCUT2D eigenvalue weighted by molar-refractivity contribution is 0.414. The first-order chi connectivity index (χ1) is 10.3. The van der Waals surface area contributed by atoms with E-state index in [2.05, 4.69) is 16.9 Å². The molecule has 0 spiro atoms. The summed E-state index contributed by atoms with van der Waals surface area (Å²) in [4.78, 5) is 0. The van der Waals surface area contributed by atoms with Gasteiger partial charge in [0.25, 0.3) is 0 Å². The summed E-state index contributed by atoms with van der Waals surface area (Å²) in [5.41, 5.74) is 8.48. The molecule has 3 rings (SSSR count). The van der Waals surface area contributed by atoms with Crippen molar-refractivity contribution in [2.24, 2.45) is 5.73 Å². The van der Waals surface area contributed by atoms with Crippen LogP contribution in [-0.2, 0) is 6.42 Å². The van der Waals surface area contributed by atoms with Crippen molar-refractivity contribution >= 4 is 0 Å². The van der Waals surface area contributed by atoms with Crippen LogP contribution in [0.5, 0.6) is 5.75 Å². The van der Waals surface area contributed by atoms with Crippen molar-refractivity contribution in [3.63, 3.8) is 0 Å². The number of aromatic nitrogens is 2. The monoisotopic (exact) mass is 285 g/mol. The predicted molar refractivity (Wildman–Crippen MR) is 83.4 cm³/mol. The van der Waals surface area contributed by atoms with Gasteiger partial charge in [-0.1, -0.05) is 25.0 Å². The van der Waals surface area contributed by atoms with E-state index in [9.17, 15) is 0 Å². The molecule has 112 valence electrons. The van der Waals surface area contributed by atoms with Crippen LogP contribution in [0.4, 0.5) is 0 Å². The van der Waals surface area contributed by atoms with Crippen molar-refractivity contribution < 1.29 is 4.74 Å². The molecule has 1 aromatic heterocycles. The molecule has 1 unspecified atom stereocenters. The minimum Gasteiger partial charge on any atom is -0.497 e. The molecule has 4 nitrogen and oxygen atoms in total. The van der Waals surface area contributed by atoms with Crippen LogP contribution in [0, 0.1) is 0 Å². The SMILES string of the molecule is COc1ccc(C(N)Cc2ccn(C3CCCC3)n2)cc1. The molecule has 0 saturated heterocycles. The summed E-state index contributed by atoms with van der Waals surface area (Å²) in [6.07, 6.45) is 8.03. The van der Waals surface area contributed by atoms with E-state index in [-0.39, 0.29) is 6.04 Å². The molecule has 1 aliphatic rings. The van der Waals surface area contributed by atoms with Crippen molar-refractivity contribution in [2.75, 3.05) is 7.11 Å². The molecule has 1 atom stereocenters. The highest BCUT2D eigenvalue weighted by Gasteiger charge is 2.18.